The maximum atomic E-state index is 12.0. The lowest BCUT2D eigenvalue weighted by Crippen LogP contribution is -2.15. The van der Waals surface area contributed by atoms with Crippen LogP contribution in [0.5, 0.6) is 0 Å². The first-order chi connectivity index (χ1) is 8.15. The Morgan fingerprint density at radius 2 is 2.06 bits per heavy atom. The predicted octanol–water partition coefficient (Wildman–Crippen LogP) is 2.84. The van der Waals surface area contributed by atoms with Gasteiger partial charge in [-0.25, -0.2) is 4.68 Å². The number of ether oxygens (including phenoxy) is 1. The Morgan fingerprint density at radius 3 is 2.71 bits per heavy atom. The maximum Gasteiger partial charge on any atom is 0.285 e. The number of H-pyrrole nitrogens is 1. The van der Waals surface area contributed by atoms with Crippen LogP contribution in [0.4, 0.5) is 0 Å². The quantitative estimate of drug-likeness (QED) is 0.913. The van der Waals surface area contributed by atoms with Crippen LogP contribution in [0.25, 0.3) is 5.69 Å². The van der Waals surface area contributed by atoms with E-state index in [2.05, 4.69) is 37.0 Å². The third-order valence-electron chi connectivity index (χ3n) is 2.28. The summed E-state index contributed by atoms with van der Waals surface area (Å²) in [6, 6.07) is 7.50. The van der Waals surface area contributed by atoms with E-state index in [0.717, 1.165) is 10.2 Å². The summed E-state index contributed by atoms with van der Waals surface area (Å²) in [5, 5.41) is 3.01. The molecule has 4 nitrogen and oxygen atoms in total. The summed E-state index contributed by atoms with van der Waals surface area (Å²) in [6.07, 6.45) is 0. The van der Waals surface area contributed by atoms with Crippen molar-refractivity contribution in [3.63, 3.8) is 0 Å². The van der Waals surface area contributed by atoms with Crippen molar-refractivity contribution in [3.8, 4) is 5.69 Å². The molecule has 0 unspecified atom stereocenters. The number of para-hydroxylation sites is 1. The van der Waals surface area contributed by atoms with Crippen LogP contribution in [0.3, 0.4) is 0 Å². The van der Waals surface area contributed by atoms with Crippen LogP contribution in [-0.4, -0.2) is 16.9 Å². The third kappa shape index (κ3) is 2.38. The molecular weight excluding hydrogens is 352 g/mol. The summed E-state index contributed by atoms with van der Waals surface area (Å²) in [7, 11) is 1.58. The fourth-order valence-corrected chi connectivity index (χ4v) is 2.35. The monoisotopic (exact) mass is 360 g/mol. The van der Waals surface area contributed by atoms with Gasteiger partial charge in [0.05, 0.1) is 18.0 Å². The number of nitrogens with zero attached hydrogens (tertiary/aromatic N) is 1. The normalized spacial score (nSPS) is 10.8. The molecule has 0 aliphatic heterocycles. The van der Waals surface area contributed by atoms with Gasteiger partial charge in [-0.05, 0) is 44.0 Å². The SMILES string of the molecule is COCc1[nH]n(-c2ccccc2Br)c(=O)c1Br. The van der Waals surface area contributed by atoms with Crippen molar-refractivity contribution in [1.82, 2.24) is 9.78 Å². The van der Waals surface area contributed by atoms with Crippen LogP contribution in [0.1, 0.15) is 5.69 Å². The van der Waals surface area contributed by atoms with E-state index in [1.54, 1.807) is 7.11 Å². The van der Waals surface area contributed by atoms with Gasteiger partial charge in [0.15, 0.2) is 0 Å². The number of aromatic amines is 1. The number of halogens is 2. The van der Waals surface area contributed by atoms with Crippen molar-refractivity contribution in [1.29, 1.82) is 0 Å². The molecule has 0 bridgehead atoms. The first-order valence-corrected chi connectivity index (χ1v) is 6.47. The molecule has 0 aliphatic rings. The standard InChI is InChI=1S/C11H10Br2N2O2/c1-17-6-8-10(13)11(16)15(14-8)9-5-3-2-4-7(9)12/h2-5,14H,6H2,1H3. The highest BCUT2D eigenvalue weighted by Gasteiger charge is 2.13. The van der Waals surface area contributed by atoms with E-state index in [0.29, 0.717) is 16.8 Å². The van der Waals surface area contributed by atoms with E-state index < -0.39 is 0 Å². The van der Waals surface area contributed by atoms with Crippen LogP contribution in [0.15, 0.2) is 38.0 Å². The molecule has 1 N–H and O–H groups in total. The average Bonchev–Trinajstić information content (AvgIpc) is 2.59. The molecule has 0 aliphatic carbocycles. The molecule has 1 aromatic carbocycles. The topological polar surface area (TPSA) is 47.0 Å². The van der Waals surface area contributed by atoms with E-state index >= 15 is 0 Å². The van der Waals surface area contributed by atoms with Crippen molar-refractivity contribution in [3.05, 3.63) is 49.3 Å². The molecule has 0 spiro atoms. The number of hydrogen-bond acceptors (Lipinski definition) is 2. The number of aromatic nitrogens is 2. The molecule has 90 valence electrons. The Kier molecular flexibility index (Phi) is 3.86. The summed E-state index contributed by atoms with van der Waals surface area (Å²) < 4.78 is 7.84. The summed E-state index contributed by atoms with van der Waals surface area (Å²) in [5.74, 6) is 0. The molecule has 0 atom stereocenters. The summed E-state index contributed by atoms with van der Waals surface area (Å²) in [4.78, 5) is 12.0. The number of benzene rings is 1. The second-order valence-corrected chi connectivity index (χ2v) is 5.08. The highest BCUT2D eigenvalue weighted by atomic mass is 79.9. The second kappa shape index (κ2) is 5.20. The number of methoxy groups -OCH3 is 1. The van der Waals surface area contributed by atoms with Crippen molar-refractivity contribution in [2.45, 2.75) is 6.61 Å². The second-order valence-electron chi connectivity index (χ2n) is 3.43. The van der Waals surface area contributed by atoms with Gasteiger partial charge in [0.1, 0.15) is 4.47 Å². The molecule has 6 heteroatoms. The number of rotatable bonds is 3. The van der Waals surface area contributed by atoms with Gasteiger partial charge in [0, 0.05) is 11.6 Å². The van der Waals surface area contributed by atoms with E-state index in [1.165, 1.54) is 4.68 Å². The zero-order valence-electron chi connectivity index (χ0n) is 9.04. The van der Waals surface area contributed by atoms with E-state index in [4.69, 9.17) is 4.74 Å². The molecule has 2 aromatic rings. The number of nitrogens with one attached hydrogen (secondary N) is 1. The van der Waals surface area contributed by atoms with Crippen LogP contribution in [0.2, 0.25) is 0 Å². The van der Waals surface area contributed by atoms with Gasteiger partial charge < -0.3 is 4.74 Å². The Hall–Kier alpha value is -0.850. The summed E-state index contributed by atoms with van der Waals surface area (Å²) in [5.41, 5.74) is 1.35. The van der Waals surface area contributed by atoms with E-state index in [1.807, 2.05) is 24.3 Å². The first kappa shape index (κ1) is 12.6. The average molecular weight is 362 g/mol. The van der Waals surface area contributed by atoms with Gasteiger partial charge in [-0.15, -0.1) is 0 Å². The molecular formula is C11H10Br2N2O2. The van der Waals surface area contributed by atoms with Gasteiger partial charge >= 0.3 is 0 Å². The molecule has 2 rings (SSSR count). The molecule has 1 heterocycles. The highest BCUT2D eigenvalue weighted by Crippen LogP contribution is 2.20. The fraction of sp³-hybridized carbons (Fsp3) is 0.182. The molecule has 0 radical (unpaired) electrons. The van der Waals surface area contributed by atoms with Gasteiger partial charge in [0.2, 0.25) is 0 Å². The Balaban J connectivity index is 2.58. The number of hydrogen-bond donors (Lipinski definition) is 1. The zero-order chi connectivity index (χ0) is 12.4. The molecule has 1 aromatic heterocycles. The highest BCUT2D eigenvalue weighted by molar-refractivity contribution is 9.10. The van der Waals surface area contributed by atoms with E-state index in [-0.39, 0.29) is 5.56 Å². The van der Waals surface area contributed by atoms with Crippen LogP contribution >= 0.6 is 31.9 Å². The lowest BCUT2D eigenvalue weighted by atomic mass is 10.3. The zero-order valence-corrected chi connectivity index (χ0v) is 12.2. The predicted molar refractivity (Wildman–Crippen MR) is 72.5 cm³/mol. The molecule has 0 amide bonds. The van der Waals surface area contributed by atoms with Gasteiger partial charge in [-0.3, -0.25) is 9.89 Å². The van der Waals surface area contributed by atoms with Gasteiger partial charge in [0.25, 0.3) is 5.56 Å². The lowest BCUT2D eigenvalue weighted by Gasteiger charge is -2.03. The van der Waals surface area contributed by atoms with Crippen molar-refractivity contribution >= 4 is 31.9 Å². The Labute approximate surface area is 115 Å². The Bertz CT molecular complexity index is 589. The van der Waals surface area contributed by atoms with Crippen LogP contribution in [0, 0.1) is 0 Å². The minimum absolute atomic E-state index is 0.135. The fourth-order valence-electron chi connectivity index (χ4n) is 1.50. The minimum atomic E-state index is -0.135. The minimum Gasteiger partial charge on any atom is -0.378 e. The summed E-state index contributed by atoms with van der Waals surface area (Å²) in [6.45, 7) is 0.354. The third-order valence-corrected chi connectivity index (χ3v) is 3.77. The largest absolute Gasteiger partial charge is 0.378 e. The van der Waals surface area contributed by atoms with Gasteiger partial charge in [-0.2, -0.15) is 0 Å². The molecule has 17 heavy (non-hydrogen) atoms. The van der Waals surface area contributed by atoms with Crippen LogP contribution < -0.4 is 5.56 Å². The van der Waals surface area contributed by atoms with Crippen LogP contribution in [-0.2, 0) is 11.3 Å². The van der Waals surface area contributed by atoms with Crippen molar-refractivity contribution in [2.75, 3.05) is 7.11 Å². The van der Waals surface area contributed by atoms with E-state index in [9.17, 15) is 4.79 Å². The molecule has 0 fully saturated rings. The van der Waals surface area contributed by atoms with Gasteiger partial charge in [-0.1, -0.05) is 12.1 Å². The Morgan fingerprint density at radius 1 is 1.35 bits per heavy atom. The lowest BCUT2D eigenvalue weighted by molar-refractivity contribution is 0.180. The summed E-state index contributed by atoms with van der Waals surface area (Å²) >= 11 is 6.68. The molecule has 0 saturated carbocycles. The van der Waals surface area contributed by atoms with Crippen molar-refractivity contribution < 1.29 is 4.74 Å². The van der Waals surface area contributed by atoms with Crippen molar-refractivity contribution in [2.24, 2.45) is 0 Å². The smallest absolute Gasteiger partial charge is 0.285 e. The first-order valence-electron chi connectivity index (χ1n) is 4.88. The molecule has 0 saturated heterocycles. The maximum absolute atomic E-state index is 12.0.